The van der Waals surface area contributed by atoms with Gasteiger partial charge in [0.25, 0.3) is 0 Å². The minimum Gasteiger partial charge on any atom is -0.238 e. The molecule has 6 rings (SSSR count). The molecule has 0 unspecified atom stereocenters. The van der Waals surface area contributed by atoms with Crippen molar-refractivity contribution < 1.29 is 0 Å². The van der Waals surface area contributed by atoms with Gasteiger partial charge in [0.15, 0.2) is 29.1 Å². The highest BCUT2D eigenvalue weighted by Gasteiger charge is 2.20. The van der Waals surface area contributed by atoms with Crippen LogP contribution in [0.1, 0.15) is 18.3 Å². The third-order valence-electron chi connectivity index (χ3n) is 6.06. The Morgan fingerprint density at radius 2 is 1.41 bits per heavy atom. The molecule has 0 amide bonds. The largest absolute Gasteiger partial charge is 0.305 e. The molecule has 10 nitrogen and oxygen atoms in total. The number of benzene rings is 3. The summed E-state index contributed by atoms with van der Waals surface area (Å²) in [5.74, 6) is 1.50. The van der Waals surface area contributed by atoms with E-state index in [1.807, 2.05) is 61.5 Å². The van der Waals surface area contributed by atoms with E-state index < -0.39 is 0 Å². The number of hydrogen-bond acceptors (Lipinski definition) is 9. The number of aromatic nitrogens is 3. The van der Waals surface area contributed by atoms with Crippen LogP contribution in [0.4, 0.5) is 0 Å². The van der Waals surface area contributed by atoms with Gasteiger partial charge in [-0.1, -0.05) is 42.5 Å². The van der Waals surface area contributed by atoms with Crippen LogP contribution >= 0.6 is 0 Å². The molecule has 2 aliphatic rings. The van der Waals surface area contributed by atoms with Crippen LogP contribution in [0.2, 0.25) is 0 Å². The second kappa shape index (κ2) is 9.36. The Balaban J connectivity index is 1.60. The fourth-order valence-electron chi connectivity index (χ4n) is 4.11. The Hall–Kier alpha value is -6.18. The van der Waals surface area contributed by atoms with E-state index in [1.165, 1.54) is 0 Å². The van der Waals surface area contributed by atoms with E-state index in [0.29, 0.717) is 34.0 Å². The van der Waals surface area contributed by atoms with Crippen molar-refractivity contribution in [2.24, 2.45) is 20.0 Å². The molecular formula is C29H14N10. The van der Waals surface area contributed by atoms with Gasteiger partial charge < -0.3 is 0 Å². The van der Waals surface area contributed by atoms with Crippen molar-refractivity contribution in [1.82, 2.24) is 15.0 Å². The van der Waals surface area contributed by atoms with Crippen molar-refractivity contribution in [3.05, 3.63) is 128 Å². The van der Waals surface area contributed by atoms with Gasteiger partial charge in [0.1, 0.15) is 11.4 Å². The summed E-state index contributed by atoms with van der Waals surface area (Å²) in [6.45, 7) is 9.04. The average Bonchev–Trinajstić information content (AvgIpc) is 3.62. The molecule has 0 saturated heterocycles. The zero-order valence-corrected chi connectivity index (χ0v) is 20.3. The maximum Gasteiger partial charge on any atom is 0.305 e. The third kappa shape index (κ3) is 4.03. The van der Waals surface area contributed by atoms with E-state index in [2.05, 4.69) is 30.9 Å². The molecule has 0 N–H and O–H groups in total. The van der Waals surface area contributed by atoms with Crippen LogP contribution in [0.5, 0.6) is 0 Å². The highest BCUT2D eigenvalue weighted by Crippen LogP contribution is 2.26. The Morgan fingerprint density at radius 3 is 2.08 bits per heavy atom. The number of nitriles is 2. The van der Waals surface area contributed by atoms with Gasteiger partial charge in [0.2, 0.25) is 0 Å². The SMILES string of the molecule is [C-]#[N+]/C(C#N)=C1\N=c2ccc(-c3nc(C(C)=C4N=c5ccccc5=N4)nc(-c4ccccc4)n3)c(C#N)c2=N1. The van der Waals surface area contributed by atoms with E-state index in [1.54, 1.807) is 18.2 Å². The second-order valence-electron chi connectivity index (χ2n) is 8.42. The minimum atomic E-state index is -0.252. The predicted octanol–water partition coefficient (Wildman–Crippen LogP) is 2.58. The van der Waals surface area contributed by atoms with Gasteiger partial charge in [-0.3, -0.25) is 0 Å². The Kier molecular flexibility index (Phi) is 5.58. The summed E-state index contributed by atoms with van der Waals surface area (Å²) in [7, 11) is 0. The summed E-state index contributed by atoms with van der Waals surface area (Å²) in [5.41, 5.74) is 1.76. The number of nitrogens with zero attached hydrogens (tertiary/aromatic N) is 10. The minimum absolute atomic E-state index is 0.0259. The van der Waals surface area contributed by atoms with Crippen molar-refractivity contribution in [3.8, 4) is 34.9 Å². The first-order valence-electron chi connectivity index (χ1n) is 11.7. The van der Waals surface area contributed by atoms with E-state index in [0.717, 1.165) is 16.3 Å². The highest BCUT2D eigenvalue weighted by atomic mass is 15.1. The second-order valence-corrected chi connectivity index (χ2v) is 8.42. The predicted molar refractivity (Wildman–Crippen MR) is 138 cm³/mol. The molecule has 0 bridgehead atoms. The van der Waals surface area contributed by atoms with Crippen molar-refractivity contribution in [1.29, 1.82) is 10.5 Å². The Labute approximate surface area is 221 Å². The van der Waals surface area contributed by atoms with E-state index in [-0.39, 0.29) is 28.3 Å². The van der Waals surface area contributed by atoms with Crippen LogP contribution in [-0.2, 0) is 0 Å². The van der Waals surface area contributed by atoms with E-state index >= 15 is 0 Å². The molecule has 0 atom stereocenters. The van der Waals surface area contributed by atoms with Crippen LogP contribution in [0.15, 0.2) is 104 Å². The third-order valence-corrected chi connectivity index (χ3v) is 6.06. The molecule has 3 aromatic carbocycles. The Morgan fingerprint density at radius 1 is 0.744 bits per heavy atom. The molecule has 0 spiro atoms. The molecule has 39 heavy (non-hydrogen) atoms. The van der Waals surface area contributed by atoms with Gasteiger partial charge >= 0.3 is 5.70 Å². The topological polar surface area (TPSA) is 140 Å². The number of hydrogen-bond donors (Lipinski definition) is 0. The fraction of sp³-hybridized carbons (Fsp3) is 0.0345. The fourth-order valence-corrected chi connectivity index (χ4v) is 4.11. The monoisotopic (exact) mass is 502 g/mol. The maximum absolute atomic E-state index is 10.1. The first-order valence-corrected chi connectivity index (χ1v) is 11.7. The average molecular weight is 503 g/mol. The molecule has 0 saturated carbocycles. The molecule has 0 aliphatic carbocycles. The summed E-state index contributed by atoms with van der Waals surface area (Å²) in [6.07, 6.45) is 0. The lowest BCUT2D eigenvalue weighted by Crippen LogP contribution is -2.25. The van der Waals surface area contributed by atoms with E-state index in [4.69, 9.17) is 21.5 Å². The molecule has 0 radical (unpaired) electrons. The van der Waals surface area contributed by atoms with Gasteiger partial charge in [0.05, 0.1) is 34.3 Å². The first-order chi connectivity index (χ1) is 19.1. The Bertz CT molecular complexity index is 2100. The normalized spacial score (nSPS) is 13.7. The zero-order chi connectivity index (χ0) is 26.9. The summed E-state index contributed by atoms with van der Waals surface area (Å²) < 4.78 is 0. The number of fused-ring (bicyclic) bond motifs is 2. The molecule has 2 aliphatic heterocycles. The van der Waals surface area contributed by atoms with Crippen LogP contribution in [-0.4, -0.2) is 15.0 Å². The van der Waals surface area contributed by atoms with Crippen LogP contribution < -0.4 is 21.4 Å². The summed E-state index contributed by atoms with van der Waals surface area (Å²) >= 11 is 0. The molecule has 0 fully saturated rings. The summed E-state index contributed by atoms with van der Waals surface area (Å²) in [4.78, 5) is 35.2. The van der Waals surface area contributed by atoms with Gasteiger partial charge in [-0.2, -0.15) is 5.26 Å². The highest BCUT2D eigenvalue weighted by molar-refractivity contribution is 5.70. The van der Waals surface area contributed by atoms with Crippen LogP contribution in [0.25, 0.3) is 33.2 Å². The maximum atomic E-state index is 10.1. The zero-order valence-electron chi connectivity index (χ0n) is 20.3. The lowest BCUT2D eigenvalue weighted by molar-refractivity contribution is 1.02. The van der Waals surface area contributed by atoms with Crippen LogP contribution in [0.3, 0.4) is 0 Å². The number of rotatable bonds is 3. The molecule has 10 heteroatoms. The van der Waals surface area contributed by atoms with Gasteiger partial charge in [-0.15, -0.1) is 0 Å². The molecule has 3 heterocycles. The lowest BCUT2D eigenvalue weighted by atomic mass is 10.1. The smallest absolute Gasteiger partial charge is 0.238 e. The van der Waals surface area contributed by atoms with E-state index in [9.17, 15) is 10.5 Å². The molecule has 180 valence electrons. The molecule has 4 aromatic rings. The van der Waals surface area contributed by atoms with Gasteiger partial charge in [-0.25, -0.2) is 45.0 Å². The summed E-state index contributed by atoms with van der Waals surface area (Å²) in [5, 5.41) is 21.5. The first kappa shape index (κ1) is 23.2. The van der Waals surface area contributed by atoms with Crippen molar-refractivity contribution in [2.45, 2.75) is 6.92 Å². The van der Waals surface area contributed by atoms with Crippen LogP contribution in [0, 0.1) is 29.2 Å². The summed E-state index contributed by atoms with van der Waals surface area (Å²) in [6, 6.07) is 24.3. The number of allylic oxidation sites excluding steroid dienone is 2. The quantitative estimate of drug-likeness (QED) is 0.313. The number of para-hydroxylation sites is 2. The van der Waals surface area contributed by atoms with Gasteiger partial charge in [0, 0.05) is 16.7 Å². The van der Waals surface area contributed by atoms with Crippen molar-refractivity contribution in [3.63, 3.8) is 0 Å². The standard InChI is InChI=1S/C29H14N10/c1-16(25-33-20-10-6-7-11-21(20)34-25)26-37-27(17-8-4-3-5-9-17)39-28(38-26)18-12-13-22-24(19(18)14-30)36-29(35-22)23(15-31)32-2/h3-13H,1H3/b29-23+. The van der Waals surface area contributed by atoms with Gasteiger partial charge in [-0.05, 0) is 31.2 Å². The lowest BCUT2D eigenvalue weighted by Gasteiger charge is -2.09. The molecular weight excluding hydrogens is 488 g/mol. The van der Waals surface area contributed by atoms with Crippen molar-refractivity contribution in [2.75, 3.05) is 0 Å². The molecule has 1 aromatic heterocycles. The van der Waals surface area contributed by atoms with Crippen molar-refractivity contribution >= 4 is 5.57 Å².